The minimum Gasteiger partial charge on any atom is -0.343 e. The molecule has 0 radical (unpaired) electrons. The largest absolute Gasteiger partial charge is 0.343 e. The zero-order chi connectivity index (χ0) is 17.6. The summed E-state index contributed by atoms with van der Waals surface area (Å²) in [6, 6.07) is 14.7. The molecule has 6 heteroatoms. The number of benzene rings is 2. The van der Waals surface area contributed by atoms with Crippen molar-refractivity contribution < 1.29 is 4.79 Å². The van der Waals surface area contributed by atoms with Crippen LogP contribution in [0, 0.1) is 0 Å². The van der Waals surface area contributed by atoms with E-state index in [-0.39, 0.29) is 5.91 Å². The van der Waals surface area contributed by atoms with Crippen molar-refractivity contribution in [2.45, 2.75) is 16.7 Å². The smallest absolute Gasteiger partial charge is 0.266 e. The van der Waals surface area contributed by atoms with E-state index in [4.69, 9.17) is 12.2 Å². The molecule has 2 aromatic rings. The number of carbonyl (C=O) groups is 1. The maximum atomic E-state index is 12.4. The lowest BCUT2D eigenvalue weighted by Gasteiger charge is -2.29. The van der Waals surface area contributed by atoms with Crippen molar-refractivity contribution in [1.82, 2.24) is 4.90 Å². The summed E-state index contributed by atoms with van der Waals surface area (Å²) in [7, 11) is 2.09. The van der Waals surface area contributed by atoms with E-state index in [1.54, 1.807) is 16.7 Å². The molecule has 0 aliphatic carbocycles. The van der Waals surface area contributed by atoms with Gasteiger partial charge in [-0.2, -0.15) is 0 Å². The van der Waals surface area contributed by atoms with Gasteiger partial charge in [0.2, 0.25) is 0 Å². The van der Waals surface area contributed by atoms with Crippen LogP contribution in [0.4, 0.5) is 11.4 Å². The fourth-order valence-electron chi connectivity index (χ4n) is 2.97. The summed E-state index contributed by atoms with van der Waals surface area (Å²) in [4.78, 5) is 19.4. The normalized spacial score (nSPS) is 17.9. The molecule has 1 fully saturated rings. The van der Waals surface area contributed by atoms with E-state index in [1.165, 1.54) is 32.9 Å². The lowest BCUT2D eigenvalue weighted by atomic mass is 10.1. The van der Waals surface area contributed by atoms with E-state index in [9.17, 15) is 4.79 Å². The number of hydrogen-bond acceptors (Lipinski definition) is 5. The van der Waals surface area contributed by atoms with Crippen LogP contribution < -0.4 is 4.90 Å². The number of hydrogen-bond donors (Lipinski definition) is 0. The summed E-state index contributed by atoms with van der Waals surface area (Å²) >= 11 is 8.43. The first-order valence-corrected chi connectivity index (χ1v) is 10.0. The van der Waals surface area contributed by atoms with Gasteiger partial charge in [0, 0.05) is 23.4 Å². The number of rotatable bonds is 2. The third kappa shape index (κ3) is 2.88. The Morgan fingerprint density at radius 2 is 1.84 bits per heavy atom. The molecule has 4 rings (SSSR count). The molecule has 3 nitrogen and oxygen atoms in total. The molecule has 0 atom stereocenters. The third-order valence-electron chi connectivity index (χ3n) is 4.28. The summed E-state index contributed by atoms with van der Waals surface area (Å²) in [6.07, 6.45) is 1.94. The molecule has 1 saturated heterocycles. The van der Waals surface area contributed by atoms with E-state index in [0.29, 0.717) is 15.8 Å². The molecule has 0 aromatic heterocycles. The summed E-state index contributed by atoms with van der Waals surface area (Å²) in [5.41, 5.74) is 3.43. The Morgan fingerprint density at radius 3 is 2.60 bits per heavy atom. The van der Waals surface area contributed by atoms with Crippen LogP contribution in [0.2, 0.25) is 0 Å². The average molecular weight is 385 g/mol. The van der Waals surface area contributed by atoms with E-state index in [0.717, 1.165) is 5.56 Å². The molecule has 126 valence electrons. The van der Waals surface area contributed by atoms with E-state index < -0.39 is 0 Å². The van der Waals surface area contributed by atoms with Gasteiger partial charge in [-0.1, -0.05) is 53.9 Å². The maximum Gasteiger partial charge on any atom is 0.266 e. The highest BCUT2D eigenvalue weighted by atomic mass is 32.2. The van der Waals surface area contributed by atoms with Gasteiger partial charge in [-0.05, 0) is 42.8 Å². The van der Waals surface area contributed by atoms with Gasteiger partial charge in [-0.3, -0.25) is 9.69 Å². The lowest BCUT2D eigenvalue weighted by Crippen LogP contribution is -2.27. The molecule has 0 saturated carbocycles. The fourth-order valence-corrected chi connectivity index (χ4v) is 5.55. The number of likely N-dealkylation sites (N-methyl/N-ethyl adjacent to an activating group) is 1. The first kappa shape index (κ1) is 16.7. The van der Waals surface area contributed by atoms with Crippen molar-refractivity contribution in [3.63, 3.8) is 0 Å². The van der Waals surface area contributed by atoms with Crippen LogP contribution in [0.3, 0.4) is 0 Å². The van der Waals surface area contributed by atoms with Crippen molar-refractivity contribution in [2.75, 3.05) is 18.5 Å². The van der Waals surface area contributed by atoms with Gasteiger partial charge in [0.15, 0.2) is 0 Å². The molecule has 0 spiro atoms. The Kier molecular flexibility index (Phi) is 4.35. The van der Waals surface area contributed by atoms with Gasteiger partial charge in [0.1, 0.15) is 4.32 Å². The monoisotopic (exact) mass is 384 g/mol. The molecule has 2 heterocycles. The number of carbonyl (C=O) groups excluding carboxylic acids is 1. The number of para-hydroxylation sites is 1. The van der Waals surface area contributed by atoms with Gasteiger partial charge in [-0.25, -0.2) is 0 Å². The lowest BCUT2D eigenvalue weighted by molar-refractivity contribution is -0.121. The van der Waals surface area contributed by atoms with Gasteiger partial charge >= 0.3 is 0 Å². The molecule has 2 aliphatic rings. The van der Waals surface area contributed by atoms with Crippen molar-refractivity contribution in [1.29, 1.82) is 0 Å². The van der Waals surface area contributed by atoms with Crippen LogP contribution in [-0.4, -0.2) is 28.7 Å². The zero-order valence-corrected chi connectivity index (χ0v) is 16.3. The van der Waals surface area contributed by atoms with E-state index in [1.807, 2.05) is 13.0 Å². The predicted octanol–water partition coefficient (Wildman–Crippen LogP) is 5.14. The second-order valence-electron chi connectivity index (χ2n) is 5.78. The van der Waals surface area contributed by atoms with Crippen molar-refractivity contribution in [3.8, 4) is 0 Å². The first-order chi connectivity index (χ1) is 12.1. The molecule has 2 aromatic carbocycles. The molecule has 0 N–H and O–H groups in total. The molecule has 2 aliphatic heterocycles. The number of amides is 1. The molecular weight excluding hydrogens is 368 g/mol. The number of anilines is 2. The van der Waals surface area contributed by atoms with E-state index in [2.05, 4.69) is 54.4 Å². The highest BCUT2D eigenvalue weighted by Gasteiger charge is 2.30. The quantitative estimate of drug-likeness (QED) is 0.527. The Morgan fingerprint density at radius 1 is 1.08 bits per heavy atom. The summed E-state index contributed by atoms with van der Waals surface area (Å²) in [5.74, 6) is 0.00494. The molecule has 0 bridgehead atoms. The minimum atomic E-state index is 0.00494. The van der Waals surface area contributed by atoms with Crippen LogP contribution in [0.15, 0.2) is 57.2 Å². The summed E-state index contributed by atoms with van der Waals surface area (Å²) in [5, 5.41) is 0. The second kappa shape index (κ2) is 6.52. The van der Waals surface area contributed by atoms with Gasteiger partial charge < -0.3 is 4.90 Å². The summed E-state index contributed by atoms with van der Waals surface area (Å²) in [6.45, 7) is 2.56. The first-order valence-electron chi connectivity index (χ1n) is 7.98. The van der Waals surface area contributed by atoms with Crippen LogP contribution >= 0.6 is 35.7 Å². The maximum absolute atomic E-state index is 12.4. The number of thiocarbonyl (C=S) groups is 1. The molecule has 1 amide bonds. The molecule has 25 heavy (non-hydrogen) atoms. The molecular formula is C19H16N2OS3. The van der Waals surface area contributed by atoms with Crippen molar-refractivity contribution in [2.24, 2.45) is 0 Å². The highest BCUT2D eigenvalue weighted by Crippen LogP contribution is 2.47. The van der Waals surface area contributed by atoms with Crippen LogP contribution in [0.25, 0.3) is 6.08 Å². The molecule has 0 unspecified atom stereocenters. The number of nitrogens with zero attached hydrogens (tertiary/aromatic N) is 2. The van der Waals surface area contributed by atoms with Crippen LogP contribution in [0.5, 0.6) is 0 Å². The minimum absolute atomic E-state index is 0.00494. The Bertz CT molecular complexity index is 923. The Hall–Kier alpha value is -1.76. The topological polar surface area (TPSA) is 23.6 Å². The number of fused-ring (bicyclic) bond motifs is 2. The van der Waals surface area contributed by atoms with Crippen LogP contribution in [-0.2, 0) is 4.79 Å². The third-order valence-corrected chi connectivity index (χ3v) is 6.77. The second-order valence-corrected chi connectivity index (χ2v) is 8.54. The van der Waals surface area contributed by atoms with Gasteiger partial charge in [-0.15, -0.1) is 0 Å². The average Bonchev–Trinajstić information content (AvgIpc) is 2.88. The number of thioether (sulfide) groups is 1. The van der Waals surface area contributed by atoms with Crippen molar-refractivity contribution in [3.05, 3.63) is 52.9 Å². The predicted molar refractivity (Wildman–Crippen MR) is 111 cm³/mol. The Balaban J connectivity index is 1.69. The van der Waals surface area contributed by atoms with Gasteiger partial charge in [0.05, 0.1) is 16.3 Å². The Labute approximate surface area is 161 Å². The van der Waals surface area contributed by atoms with Crippen LogP contribution in [0.1, 0.15) is 12.5 Å². The van der Waals surface area contributed by atoms with E-state index >= 15 is 0 Å². The standard InChI is InChI=1S/C19H16N2OS3/c1-3-21-18(22)17(25-19(21)23)11-12-8-9-14-16(10-12)24-15-7-5-4-6-13(15)20(14)2/h4-11H,3H2,1-2H3/b17-11+. The van der Waals surface area contributed by atoms with Crippen molar-refractivity contribution >= 4 is 63.4 Å². The van der Waals surface area contributed by atoms with Gasteiger partial charge in [0.25, 0.3) is 5.91 Å². The SMILES string of the molecule is CCN1C(=O)/C(=C\c2ccc3c(c2)Sc2ccccc2N3C)SC1=S. The highest BCUT2D eigenvalue weighted by molar-refractivity contribution is 8.26. The zero-order valence-electron chi connectivity index (χ0n) is 13.9. The fraction of sp³-hybridized carbons (Fsp3) is 0.158. The summed E-state index contributed by atoms with van der Waals surface area (Å²) < 4.78 is 0.639.